The number of Topliss-reactive ketones (excluding diaryl/α,β-unsaturated/α-hetero) is 1. The van der Waals surface area contributed by atoms with Crippen LogP contribution in [0.15, 0.2) is 66.2 Å². The maximum atomic E-state index is 13.5. The maximum Gasteiger partial charge on any atom is 0.301 e. The van der Waals surface area contributed by atoms with E-state index in [2.05, 4.69) is 4.98 Å². The molecule has 1 N–H and O–H groups in total. The number of thiazole rings is 1. The maximum absolute atomic E-state index is 13.5. The molecule has 10 heteroatoms. The molecule has 0 saturated carbocycles. The highest BCUT2D eigenvalue weighted by Crippen LogP contribution is 2.45. The van der Waals surface area contributed by atoms with Gasteiger partial charge >= 0.3 is 5.91 Å². The number of hydrogen-bond acceptors (Lipinski definition) is 8. The number of carbonyl (C=O) groups is 2. The van der Waals surface area contributed by atoms with Crippen molar-refractivity contribution in [2.75, 3.05) is 24.7 Å². The van der Waals surface area contributed by atoms with Crippen molar-refractivity contribution in [3.63, 3.8) is 0 Å². The van der Waals surface area contributed by atoms with Crippen LogP contribution in [0, 0.1) is 0 Å². The summed E-state index contributed by atoms with van der Waals surface area (Å²) in [7, 11) is 0. The zero-order valence-corrected chi connectivity index (χ0v) is 21.7. The summed E-state index contributed by atoms with van der Waals surface area (Å²) < 4.78 is 17.6. The lowest BCUT2D eigenvalue weighted by Crippen LogP contribution is -2.29. The van der Waals surface area contributed by atoms with Crippen molar-refractivity contribution in [2.24, 2.45) is 0 Å². The molecule has 2 aliphatic rings. The number of aliphatic hydroxyl groups is 1. The van der Waals surface area contributed by atoms with E-state index >= 15 is 0 Å². The van der Waals surface area contributed by atoms with Gasteiger partial charge in [0, 0.05) is 10.6 Å². The average molecular weight is 549 g/mol. The lowest BCUT2D eigenvalue weighted by Gasteiger charge is -2.23. The molecule has 1 saturated heterocycles. The van der Waals surface area contributed by atoms with Crippen molar-refractivity contribution in [1.29, 1.82) is 0 Å². The van der Waals surface area contributed by atoms with Crippen molar-refractivity contribution in [2.45, 2.75) is 13.0 Å². The minimum atomic E-state index is -0.924. The Kier molecular flexibility index (Phi) is 6.17. The van der Waals surface area contributed by atoms with Gasteiger partial charge in [0.2, 0.25) is 0 Å². The second kappa shape index (κ2) is 9.66. The van der Waals surface area contributed by atoms with Crippen LogP contribution in [0.4, 0.5) is 5.13 Å². The molecule has 2 aliphatic heterocycles. The summed E-state index contributed by atoms with van der Waals surface area (Å²) in [5.41, 5.74) is 1.54. The molecular formula is C28H21ClN2O6S. The molecule has 3 heterocycles. The van der Waals surface area contributed by atoms with E-state index in [4.69, 9.17) is 25.8 Å². The number of hydrogen-bond donors (Lipinski definition) is 1. The standard InChI is InChI=1S/C28H21ClN2O6S/c1-2-35-18-8-9-19-22(14-18)38-28(30-19)31-24(15-3-6-17(29)7-4-15)23(26(33)27(31)34)25(32)16-5-10-20-21(13-16)37-12-11-36-20/h3-10,13-14,24,32H,2,11-12H2,1H3/t24-/m1/s1. The van der Waals surface area contributed by atoms with Crippen LogP contribution < -0.4 is 19.1 Å². The van der Waals surface area contributed by atoms with Gasteiger partial charge in [-0.05, 0) is 61.0 Å². The lowest BCUT2D eigenvalue weighted by molar-refractivity contribution is -0.132. The molecule has 6 rings (SSSR count). The number of anilines is 1. The molecule has 38 heavy (non-hydrogen) atoms. The van der Waals surface area contributed by atoms with E-state index in [1.807, 2.05) is 25.1 Å². The number of benzene rings is 3. The summed E-state index contributed by atoms with van der Waals surface area (Å²) >= 11 is 7.39. The topological polar surface area (TPSA) is 98.2 Å². The van der Waals surface area contributed by atoms with Gasteiger partial charge in [-0.15, -0.1) is 0 Å². The van der Waals surface area contributed by atoms with E-state index < -0.39 is 17.7 Å². The highest BCUT2D eigenvalue weighted by Gasteiger charge is 2.48. The van der Waals surface area contributed by atoms with E-state index in [-0.39, 0.29) is 11.3 Å². The quantitative estimate of drug-likeness (QED) is 0.193. The van der Waals surface area contributed by atoms with Crippen LogP contribution in [0.3, 0.4) is 0 Å². The predicted molar refractivity (Wildman–Crippen MR) is 144 cm³/mol. The first kappa shape index (κ1) is 24.3. The Morgan fingerprint density at radius 3 is 2.61 bits per heavy atom. The number of aromatic nitrogens is 1. The average Bonchev–Trinajstić information content (AvgIpc) is 3.46. The van der Waals surface area contributed by atoms with Crippen LogP contribution in [-0.4, -0.2) is 41.6 Å². The summed E-state index contributed by atoms with van der Waals surface area (Å²) in [5.74, 6) is -0.232. The van der Waals surface area contributed by atoms with E-state index in [1.165, 1.54) is 16.2 Å². The fourth-order valence-electron chi connectivity index (χ4n) is 4.59. The number of rotatable bonds is 5. The van der Waals surface area contributed by atoms with E-state index in [9.17, 15) is 14.7 Å². The molecule has 192 valence electrons. The summed E-state index contributed by atoms with van der Waals surface area (Å²) in [5, 5.41) is 12.3. The first-order chi connectivity index (χ1) is 18.4. The second-order valence-electron chi connectivity index (χ2n) is 8.64. The van der Waals surface area contributed by atoms with Gasteiger partial charge in [-0.25, -0.2) is 4.98 Å². The summed E-state index contributed by atoms with van der Waals surface area (Å²) in [6.07, 6.45) is 0. The van der Waals surface area contributed by atoms with Crippen LogP contribution in [0.5, 0.6) is 17.2 Å². The molecule has 0 aliphatic carbocycles. The molecule has 4 aromatic rings. The Labute approximate surface area is 226 Å². The smallest absolute Gasteiger partial charge is 0.301 e. The third-order valence-corrected chi connectivity index (χ3v) is 7.58. The third kappa shape index (κ3) is 4.13. The highest BCUT2D eigenvalue weighted by atomic mass is 35.5. The fourth-order valence-corrected chi connectivity index (χ4v) is 5.74. The first-order valence-electron chi connectivity index (χ1n) is 11.9. The minimum absolute atomic E-state index is 0.0525. The highest BCUT2D eigenvalue weighted by molar-refractivity contribution is 7.22. The number of amides is 1. The molecule has 0 radical (unpaired) electrons. The zero-order chi connectivity index (χ0) is 26.4. The van der Waals surface area contributed by atoms with Crippen molar-refractivity contribution in [1.82, 2.24) is 4.98 Å². The van der Waals surface area contributed by atoms with Gasteiger partial charge in [0.05, 0.1) is 28.4 Å². The Morgan fingerprint density at radius 2 is 1.84 bits per heavy atom. The van der Waals surface area contributed by atoms with Gasteiger partial charge in [0.15, 0.2) is 16.6 Å². The van der Waals surface area contributed by atoms with Gasteiger partial charge in [-0.2, -0.15) is 0 Å². The van der Waals surface area contributed by atoms with Gasteiger partial charge in [0.1, 0.15) is 24.7 Å². The number of fused-ring (bicyclic) bond motifs is 2. The Hall–Kier alpha value is -4.08. The fraction of sp³-hybridized carbons (Fsp3) is 0.179. The Bertz CT molecular complexity index is 1610. The van der Waals surface area contributed by atoms with E-state index in [0.29, 0.717) is 63.9 Å². The molecule has 1 atom stereocenters. The monoisotopic (exact) mass is 548 g/mol. The number of halogens is 1. The molecule has 1 amide bonds. The van der Waals surface area contributed by atoms with Crippen molar-refractivity contribution in [3.8, 4) is 17.2 Å². The Morgan fingerprint density at radius 1 is 1.08 bits per heavy atom. The largest absolute Gasteiger partial charge is 0.507 e. The minimum Gasteiger partial charge on any atom is -0.507 e. The van der Waals surface area contributed by atoms with Crippen LogP contribution in [0.25, 0.3) is 16.0 Å². The predicted octanol–water partition coefficient (Wildman–Crippen LogP) is 5.75. The number of ketones is 1. The molecule has 0 bridgehead atoms. The summed E-state index contributed by atoms with van der Waals surface area (Å²) in [6, 6.07) is 16.2. The molecule has 1 aromatic heterocycles. The summed E-state index contributed by atoms with van der Waals surface area (Å²) in [6.45, 7) is 3.21. The normalized spacial score (nSPS) is 18.3. The van der Waals surface area contributed by atoms with Crippen LogP contribution in [-0.2, 0) is 9.59 Å². The molecule has 8 nitrogen and oxygen atoms in total. The molecule has 1 fully saturated rings. The Balaban J connectivity index is 1.51. The van der Waals surface area contributed by atoms with E-state index in [0.717, 1.165) is 4.70 Å². The molecular weight excluding hydrogens is 528 g/mol. The lowest BCUT2D eigenvalue weighted by atomic mass is 9.95. The third-order valence-electron chi connectivity index (χ3n) is 6.31. The zero-order valence-electron chi connectivity index (χ0n) is 20.1. The molecule has 0 unspecified atom stereocenters. The van der Waals surface area contributed by atoms with Gasteiger partial charge in [-0.1, -0.05) is 35.1 Å². The molecule has 3 aromatic carbocycles. The number of ether oxygens (including phenoxy) is 3. The number of carbonyl (C=O) groups excluding carboxylic acids is 2. The summed E-state index contributed by atoms with van der Waals surface area (Å²) in [4.78, 5) is 32.9. The van der Waals surface area contributed by atoms with Crippen molar-refractivity contribution < 1.29 is 28.9 Å². The number of nitrogens with zero attached hydrogens (tertiary/aromatic N) is 2. The van der Waals surface area contributed by atoms with Crippen molar-refractivity contribution >= 4 is 55.7 Å². The number of aliphatic hydroxyl groups excluding tert-OH is 1. The van der Waals surface area contributed by atoms with Crippen LogP contribution in [0.1, 0.15) is 24.1 Å². The molecule has 0 spiro atoms. The van der Waals surface area contributed by atoms with Crippen LogP contribution >= 0.6 is 22.9 Å². The van der Waals surface area contributed by atoms with Crippen LogP contribution in [0.2, 0.25) is 5.02 Å². The second-order valence-corrected chi connectivity index (χ2v) is 10.1. The van der Waals surface area contributed by atoms with Gasteiger partial charge in [-0.3, -0.25) is 14.5 Å². The van der Waals surface area contributed by atoms with Crippen molar-refractivity contribution in [3.05, 3.63) is 82.4 Å². The van der Waals surface area contributed by atoms with E-state index in [1.54, 1.807) is 42.5 Å². The van der Waals surface area contributed by atoms with Gasteiger partial charge in [0.25, 0.3) is 5.78 Å². The first-order valence-corrected chi connectivity index (χ1v) is 13.1. The van der Waals surface area contributed by atoms with Gasteiger partial charge < -0.3 is 19.3 Å². The SMILES string of the molecule is CCOc1ccc2nc(N3C(=O)C(=O)C(=C(O)c4ccc5c(c4)OCCO5)[C@H]3c3ccc(Cl)cc3)sc2c1.